The summed E-state index contributed by atoms with van der Waals surface area (Å²) in [5.74, 6) is 0. The number of rotatable bonds is 1. The van der Waals surface area contributed by atoms with Crippen molar-refractivity contribution in [2.24, 2.45) is 0 Å². The smallest absolute Gasteiger partial charge is 0.0260 e. The maximum absolute atomic E-state index is 2.47. The van der Waals surface area contributed by atoms with Crippen molar-refractivity contribution < 1.29 is 0 Å². The molecule has 76 valence electrons. The lowest BCUT2D eigenvalue weighted by molar-refractivity contribution is 0.441. The van der Waals surface area contributed by atoms with E-state index in [9.17, 15) is 0 Å². The molecule has 0 aromatic carbocycles. The summed E-state index contributed by atoms with van der Waals surface area (Å²) in [5.41, 5.74) is 6.01. The Labute approximate surface area is 86.8 Å². The SMILES string of the molecule is CCC=C1CC2=CCCN2C(C)=C1C. The average molecular weight is 189 g/mol. The van der Waals surface area contributed by atoms with E-state index in [1.807, 2.05) is 0 Å². The van der Waals surface area contributed by atoms with Gasteiger partial charge < -0.3 is 4.90 Å². The quantitative estimate of drug-likeness (QED) is 0.609. The zero-order valence-electron chi connectivity index (χ0n) is 9.43. The van der Waals surface area contributed by atoms with E-state index in [1.54, 1.807) is 0 Å². The molecule has 0 spiro atoms. The Morgan fingerprint density at radius 1 is 1.43 bits per heavy atom. The van der Waals surface area contributed by atoms with Crippen LogP contribution in [-0.4, -0.2) is 11.4 Å². The molecule has 0 N–H and O–H groups in total. The van der Waals surface area contributed by atoms with Gasteiger partial charge in [-0.1, -0.05) is 19.1 Å². The Balaban J connectivity index is 2.38. The zero-order chi connectivity index (χ0) is 10.1. The van der Waals surface area contributed by atoms with Gasteiger partial charge in [0.1, 0.15) is 0 Å². The van der Waals surface area contributed by atoms with Crippen LogP contribution in [0.4, 0.5) is 0 Å². The lowest BCUT2D eigenvalue weighted by Gasteiger charge is -2.31. The van der Waals surface area contributed by atoms with Gasteiger partial charge in [0, 0.05) is 24.4 Å². The third-order valence-electron chi connectivity index (χ3n) is 3.33. The molecule has 1 heteroatoms. The Kier molecular flexibility index (Phi) is 2.49. The summed E-state index contributed by atoms with van der Waals surface area (Å²) in [4.78, 5) is 2.47. The molecule has 0 saturated heterocycles. The second-order valence-corrected chi connectivity index (χ2v) is 4.16. The normalized spacial score (nSPS) is 24.4. The van der Waals surface area contributed by atoms with Crippen molar-refractivity contribution >= 4 is 0 Å². The molecule has 0 fully saturated rings. The molecule has 1 nitrogen and oxygen atoms in total. The van der Waals surface area contributed by atoms with Crippen LogP contribution in [-0.2, 0) is 0 Å². The predicted octanol–water partition coefficient (Wildman–Crippen LogP) is 3.61. The molecule has 2 aliphatic rings. The van der Waals surface area contributed by atoms with E-state index in [0.29, 0.717) is 0 Å². The van der Waals surface area contributed by atoms with Gasteiger partial charge in [-0.05, 0) is 37.8 Å². The molecule has 2 rings (SSSR count). The number of fused-ring (bicyclic) bond motifs is 1. The molecule has 2 heterocycles. The summed E-state index contributed by atoms with van der Waals surface area (Å²) >= 11 is 0. The van der Waals surface area contributed by atoms with Crippen molar-refractivity contribution in [2.75, 3.05) is 6.54 Å². The van der Waals surface area contributed by atoms with E-state index >= 15 is 0 Å². The molecule has 0 unspecified atom stereocenters. The van der Waals surface area contributed by atoms with Crippen molar-refractivity contribution in [1.29, 1.82) is 0 Å². The molecular weight excluding hydrogens is 170 g/mol. The Bertz CT molecular complexity index is 331. The molecule has 0 atom stereocenters. The molecule has 0 aromatic rings. The Morgan fingerprint density at radius 2 is 2.21 bits per heavy atom. The average Bonchev–Trinajstić information content (AvgIpc) is 2.62. The van der Waals surface area contributed by atoms with Crippen LogP contribution in [0.25, 0.3) is 0 Å². The van der Waals surface area contributed by atoms with E-state index in [-0.39, 0.29) is 0 Å². The minimum absolute atomic E-state index is 1.15. The van der Waals surface area contributed by atoms with Crippen LogP contribution >= 0.6 is 0 Å². The van der Waals surface area contributed by atoms with Gasteiger partial charge in [-0.2, -0.15) is 0 Å². The largest absolute Gasteiger partial charge is 0.348 e. The van der Waals surface area contributed by atoms with Gasteiger partial charge in [0.2, 0.25) is 0 Å². The van der Waals surface area contributed by atoms with Crippen LogP contribution in [0.2, 0.25) is 0 Å². The van der Waals surface area contributed by atoms with E-state index < -0.39 is 0 Å². The summed E-state index contributed by atoms with van der Waals surface area (Å²) in [7, 11) is 0. The zero-order valence-corrected chi connectivity index (χ0v) is 9.43. The van der Waals surface area contributed by atoms with Gasteiger partial charge in [-0.3, -0.25) is 0 Å². The van der Waals surface area contributed by atoms with Crippen LogP contribution in [0.15, 0.2) is 34.7 Å². The maximum Gasteiger partial charge on any atom is 0.0260 e. The van der Waals surface area contributed by atoms with Crippen LogP contribution < -0.4 is 0 Å². The first-order chi connectivity index (χ1) is 6.74. The topological polar surface area (TPSA) is 3.24 Å². The van der Waals surface area contributed by atoms with E-state index in [4.69, 9.17) is 0 Å². The second kappa shape index (κ2) is 3.64. The van der Waals surface area contributed by atoms with Crippen molar-refractivity contribution in [3.8, 4) is 0 Å². The number of allylic oxidation sites excluding steroid dienone is 4. The fraction of sp³-hybridized carbons (Fsp3) is 0.538. The molecule has 14 heavy (non-hydrogen) atoms. The van der Waals surface area contributed by atoms with Gasteiger partial charge >= 0.3 is 0 Å². The number of hydrogen-bond acceptors (Lipinski definition) is 1. The van der Waals surface area contributed by atoms with Gasteiger partial charge in [0.15, 0.2) is 0 Å². The lowest BCUT2D eigenvalue weighted by atomic mass is 9.95. The molecule has 2 aliphatic heterocycles. The first-order valence-corrected chi connectivity index (χ1v) is 5.57. The molecular formula is C13H19N. The summed E-state index contributed by atoms with van der Waals surface area (Å²) in [6, 6.07) is 0. The number of nitrogens with zero attached hydrogens (tertiary/aromatic N) is 1. The van der Waals surface area contributed by atoms with Crippen molar-refractivity contribution in [2.45, 2.75) is 40.0 Å². The fourth-order valence-corrected chi connectivity index (χ4v) is 2.40. The number of hydrogen-bond donors (Lipinski definition) is 0. The monoisotopic (exact) mass is 189 g/mol. The van der Waals surface area contributed by atoms with Gasteiger partial charge in [0.25, 0.3) is 0 Å². The van der Waals surface area contributed by atoms with Gasteiger partial charge in [-0.15, -0.1) is 0 Å². The van der Waals surface area contributed by atoms with Crippen LogP contribution in [0.1, 0.15) is 40.0 Å². The highest BCUT2D eigenvalue weighted by molar-refractivity contribution is 5.42. The third kappa shape index (κ3) is 1.41. The molecule has 0 saturated carbocycles. The molecule has 0 bridgehead atoms. The van der Waals surface area contributed by atoms with Crippen LogP contribution in [0.5, 0.6) is 0 Å². The summed E-state index contributed by atoms with van der Waals surface area (Å²) in [6.45, 7) is 7.91. The van der Waals surface area contributed by atoms with Gasteiger partial charge in [-0.25, -0.2) is 0 Å². The van der Waals surface area contributed by atoms with Crippen molar-refractivity contribution in [3.05, 3.63) is 34.7 Å². The van der Waals surface area contributed by atoms with E-state index in [1.165, 1.54) is 35.5 Å². The Morgan fingerprint density at radius 3 is 2.93 bits per heavy atom. The van der Waals surface area contributed by atoms with Crippen LogP contribution in [0.3, 0.4) is 0 Å². The highest BCUT2D eigenvalue weighted by Gasteiger charge is 2.24. The predicted molar refractivity (Wildman–Crippen MR) is 60.8 cm³/mol. The van der Waals surface area contributed by atoms with Crippen molar-refractivity contribution in [1.82, 2.24) is 4.90 Å². The summed E-state index contributed by atoms with van der Waals surface area (Å²) in [5, 5.41) is 0. The minimum atomic E-state index is 1.15. The standard InChI is InChI=1S/C13H19N/c1-4-6-12-9-13-7-5-8-14(13)11(3)10(12)2/h6-7H,4-5,8-9H2,1-3H3. The van der Waals surface area contributed by atoms with Crippen LogP contribution in [0, 0.1) is 0 Å². The molecule has 0 aromatic heterocycles. The fourth-order valence-electron chi connectivity index (χ4n) is 2.40. The third-order valence-corrected chi connectivity index (χ3v) is 3.33. The highest BCUT2D eigenvalue weighted by Crippen LogP contribution is 2.36. The lowest BCUT2D eigenvalue weighted by Crippen LogP contribution is -2.23. The minimum Gasteiger partial charge on any atom is -0.348 e. The highest BCUT2D eigenvalue weighted by atomic mass is 15.2. The Hall–Kier alpha value is -0.980. The van der Waals surface area contributed by atoms with E-state index in [0.717, 1.165) is 12.8 Å². The maximum atomic E-state index is 2.47. The summed E-state index contributed by atoms with van der Waals surface area (Å²) in [6.07, 6.45) is 8.28. The summed E-state index contributed by atoms with van der Waals surface area (Å²) < 4.78 is 0. The molecule has 0 amide bonds. The first kappa shape index (κ1) is 9.57. The molecule has 0 radical (unpaired) electrons. The second-order valence-electron chi connectivity index (χ2n) is 4.16. The van der Waals surface area contributed by atoms with E-state index in [2.05, 4.69) is 37.8 Å². The first-order valence-electron chi connectivity index (χ1n) is 5.57. The van der Waals surface area contributed by atoms with Crippen molar-refractivity contribution in [3.63, 3.8) is 0 Å². The molecule has 0 aliphatic carbocycles. The van der Waals surface area contributed by atoms with Gasteiger partial charge in [0.05, 0.1) is 0 Å².